The summed E-state index contributed by atoms with van der Waals surface area (Å²) in [5.41, 5.74) is 2.31. The molecule has 0 heterocycles. The van der Waals surface area contributed by atoms with Crippen LogP contribution in [0.1, 0.15) is 11.1 Å². The topological polar surface area (TPSA) is 39.7 Å². The Balaban J connectivity index is 2.33. The van der Waals surface area contributed by atoms with Crippen LogP contribution in [0.3, 0.4) is 0 Å². The van der Waals surface area contributed by atoms with Gasteiger partial charge in [0.15, 0.2) is 0 Å². The maximum Gasteiger partial charge on any atom is 0.134 e. The molecular weight excluding hydrogens is 266 g/mol. The number of hydrogen-bond donors (Lipinski definition) is 1. The van der Waals surface area contributed by atoms with Crippen molar-refractivity contribution in [2.45, 2.75) is 13.5 Å². The molecule has 0 fully saturated rings. The van der Waals surface area contributed by atoms with Crippen LogP contribution < -0.4 is 19.5 Å². The van der Waals surface area contributed by atoms with Crippen LogP contribution in [-0.4, -0.2) is 21.3 Å². The highest BCUT2D eigenvalue weighted by Crippen LogP contribution is 2.32. The predicted molar refractivity (Wildman–Crippen MR) is 83.6 cm³/mol. The van der Waals surface area contributed by atoms with E-state index in [0.29, 0.717) is 17.2 Å². The Morgan fingerprint density at radius 2 is 1.52 bits per heavy atom. The molecule has 0 aliphatic rings. The third-order valence-corrected chi connectivity index (χ3v) is 3.14. The van der Waals surface area contributed by atoms with Gasteiger partial charge in [0.05, 0.1) is 14.2 Å². The smallest absolute Gasteiger partial charge is 0.134 e. The molecule has 0 atom stereocenters. The summed E-state index contributed by atoms with van der Waals surface area (Å²) in [5, 5.41) is 3.15. The number of nitrogens with one attached hydrogen (secondary N) is 1. The summed E-state index contributed by atoms with van der Waals surface area (Å²) < 4.78 is 16.5. The zero-order valence-corrected chi connectivity index (χ0v) is 12.9. The SMILES string of the molecule is CNCc1cc(C)ccc1Oc1cc(OC)cc(OC)c1. The number of ether oxygens (including phenoxy) is 3. The van der Waals surface area contributed by atoms with Crippen molar-refractivity contribution < 1.29 is 14.2 Å². The molecule has 4 nitrogen and oxygen atoms in total. The lowest BCUT2D eigenvalue weighted by Gasteiger charge is -2.13. The summed E-state index contributed by atoms with van der Waals surface area (Å²) in [6.07, 6.45) is 0. The molecule has 2 rings (SSSR count). The molecule has 0 radical (unpaired) electrons. The van der Waals surface area contributed by atoms with Gasteiger partial charge in [-0.2, -0.15) is 0 Å². The maximum absolute atomic E-state index is 6.00. The molecule has 4 heteroatoms. The molecule has 0 aromatic heterocycles. The van der Waals surface area contributed by atoms with Crippen molar-refractivity contribution in [1.82, 2.24) is 5.32 Å². The van der Waals surface area contributed by atoms with Gasteiger partial charge in [-0.15, -0.1) is 0 Å². The Hall–Kier alpha value is -2.20. The third-order valence-electron chi connectivity index (χ3n) is 3.14. The summed E-state index contributed by atoms with van der Waals surface area (Å²) in [4.78, 5) is 0. The van der Waals surface area contributed by atoms with E-state index in [1.807, 2.05) is 37.4 Å². The highest BCUT2D eigenvalue weighted by Gasteiger charge is 2.08. The van der Waals surface area contributed by atoms with E-state index in [9.17, 15) is 0 Å². The van der Waals surface area contributed by atoms with Crippen molar-refractivity contribution in [2.75, 3.05) is 21.3 Å². The van der Waals surface area contributed by atoms with Crippen LogP contribution in [0.25, 0.3) is 0 Å². The molecule has 0 saturated heterocycles. The minimum Gasteiger partial charge on any atom is -0.496 e. The average molecular weight is 287 g/mol. The molecule has 1 N–H and O–H groups in total. The first-order chi connectivity index (χ1) is 10.2. The Bertz CT molecular complexity index is 589. The van der Waals surface area contributed by atoms with E-state index in [2.05, 4.69) is 18.3 Å². The van der Waals surface area contributed by atoms with Crippen molar-refractivity contribution in [2.24, 2.45) is 0 Å². The summed E-state index contributed by atoms with van der Waals surface area (Å²) in [6.45, 7) is 2.82. The molecule has 0 spiro atoms. The Kier molecular flexibility index (Phi) is 5.06. The van der Waals surface area contributed by atoms with Gasteiger partial charge in [0, 0.05) is 30.3 Å². The van der Waals surface area contributed by atoms with E-state index in [-0.39, 0.29) is 0 Å². The molecule has 21 heavy (non-hydrogen) atoms. The van der Waals surface area contributed by atoms with Gasteiger partial charge in [-0.1, -0.05) is 17.7 Å². The maximum atomic E-state index is 6.00. The third kappa shape index (κ3) is 3.89. The highest BCUT2D eigenvalue weighted by molar-refractivity contribution is 5.46. The van der Waals surface area contributed by atoms with E-state index in [4.69, 9.17) is 14.2 Å². The molecule has 0 amide bonds. The van der Waals surface area contributed by atoms with Crippen LogP contribution in [0, 0.1) is 6.92 Å². The van der Waals surface area contributed by atoms with Crippen LogP contribution >= 0.6 is 0 Å². The van der Waals surface area contributed by atoms with E-state index in [1.165, 1.54) is 5.56 Å². The number of rotatable bonds is 6. The molecule has 0 saturated carbocycles. The molecule has 2 aromatic carbocycles. The monoisotopic (exact) mass is 287 g/mol. The molecule has 2 aromatic rings. The average Bonchev–Trinajstić information content (AvgIpc) is 2.50. The van der Waals surface area contributed by atoms with Crippen molar-refractivity contribution in [3.05, 3.63) is 47.5 Å². The van der Waals surface area contributed by atoms with Gasteiger partial charge in [-0.3, -0.25) is 0 Å². The lowest BCUT2D eigenvalue weighted by molar-refractivity contribution is 0.386. The minimum absolute atomic E-state index is 0.687. The summed E-state index contributed by atoms with van der Waals surface area (Å²) in [7, 11) is 5.16. The summed E-state index contributed by atoms with van der Waals surface area (Å²) in [5.74, 6) is 2.91. The second-order valence-electron chi connectivity index (χ2n) is 4.79. The molecule has 0 unspecified atom stereocenters. The first-order valence-electron chi connectivity index (χ1n) is 6.81. The van der Waals surface area contributed by atoms with Gasteiger partial charge in [0.2, 0.25) is 0 Å². The number of aryl methyl sites for hydroxylation is 1. The Morgan fingerprint density at radius 1 is 0.905 bits per heavy atom. The lowest BCUT2D eigenvalue weighted by Crippen LogP contribution is -2.06. The standard InChI is InChI=1S/C17H21NO3/c1-12-5-6-17(13(7-12)11-18-2)21-16-9-14(19-3)8-15(10-16)20-4/h5-10,18H,11H2,1-4H3. The van der Waals surface area contributed by atoms with Crippen molar-refractivity contribution in [3.63, 3.8) is 0 Å². The molecule has 0 aliphatic heterocycles. The minimum atomic E-state index is 0.687. The number of methoxy groups -OCH3 is 2. The van der Waals surface area contributed by atoms with E-state index in [0.717, 1.165) is 17.9 Å². The van der Waals surface area contributed by atoms with Crippen LogP contribution in [0.4, 0.5) is 0 Å². The summed E-state index contributed by atoms with van der Waals surface area (Å²) in [6, 6.07) is 11.6. The van der Waals surface area contributed by atoms with Gasteiger partial charge < -0.3 is 19.5 Å². The van der Waals surface area contributed by atoms with Gasteiger partial charge in [0.25, 0.3) is 0 Å². The number of hydrogen-bond acceptors (Lipinski definition) is 4. The Morgan fingerprint density at radius 3 is 2.10 bits per heavy atom. The fraction of sp³-hybridized carbons (Fsp3) is 0.294. The van der Waals surface area contributed by atoms with Crippen molar-refractivity contribution in [1.29, 1.82) is 0 Å². The fourth-order valence-corrected chi connectivity index (χ4v) is 2.10. The first kappa shape index (κ1) is 15.2. The Labute approximate surface area is 125 Å². The quantitative estimate of drug-likeness (QED) is 0.882. The van der Waals surface area contributed by atoms with Gasteiger partial charge in [0.1, 0.15) is 23.0 Å². The summed E-state index contributed by atoms with van der Waals surface area (Å²) >= 11 is 0. The first-order valence-corrected chi connectivity index (χ1v) is 6.81. The zero-order chi connectivity index (χ0) is 15.2. The predicted octanol–water partition coefficient (Wildman–Crippen LogP) is 3.52. The van der Waals surface area contributed by atoms with Crippen LogP contribution in [-0.2, 0) is 6.54 Å². The van der Waals surface area contributed by atoms with Gasteiger partial charge in [-0.25, -0.2) is 0 Å². The van der Waals surface area contributed by atoms with Crippen LogP contribution in [0.15, 0.2) is 36.4 Å². The second kappa shape index (κ2) is 6.99. The largest absolute Gasteiger partial charge is 0.496 e. The second-order valence-corrected chi connectivity index (χ2v) is 4.79. The molecular formula is C17H21NO3. The fourth-order valence-electron chi connectivity index (χ4n) is 2.10. The molecule has 0 aliphatic carbocycles. The molecule has 112 valence electrons. The van der Waals surface area contributed by atoms with E-state index in [1.54, 1.807) is 14.2 Å². The van der Waals surface area contributed by atoms with E-state index >= 15 is 0 Å². The lowest BCUT2D eigenvalue weighted by atomic mass is 10.1. The van der Waals surface area contributed by atoms with Gasteiger partial charge >= 0.3 is 0 Å². The molecule has 0 bridgehead atoms. The highest BCUT2D eigenvalue weighted by atomic mass is 16.5. The number of benzene rings is 2. The normalized spacial score (nSPS) is 10.3. The zero-order valence-electron chi connectivity index (χ0n) is 12.9. The van der Waals surface area contributed by atoms with Gasteiger partial charge in [-0.05, 0) is 20.0 Å². The van der Waals surface area contributed by atoms with Crippen molar-refractivity contribution in [3.8, 4) is 23.0 Å². The van der Waals surface area contributed by atoms with Crippen LogP contribution in [0.2, 0.25) is 0 Å². The van der Waals surface area contributed by atoms with E-state index < -0.39 is 0 Å². The van der Waals surface area contributed by atoms with Crippen LogP contribution in [0.5, 0.6) is 23.0 Å². The van der Waals surface area contributed by atoms with Crippen molar-refractivity contribution >= 4 is 0 Å².